The van der Waals surface area contributed by atoms with Gasteiger partial charge >= 0.3 is 0 Å². The van der Waals surface area contributed by atoms with Crippen LogP contribution in [0.4, 0.5) is 0 Å². The number of amides is 1. The number of fused-ring (bicyclic) bond motifs is 1. The van der Waals surface area contributed by atoms with E-state index in [9.17, 15) is 4.79 Å². The molecule has 0 unspecified atom stereocenters. The quantitative estimate of drug-likeness (QED) is 0.759. The fraction of sp³-hybridized carbons (Fsp3) is 0.227. The molecule has 27 heavy (non-hydrogen) atoms. The number of ether oxygens (including phenoxy) is 1. The highest BCUT2D eigenvalue weighted by atomic mass is 16.5. The fourth-order valence-electron chi connectivity index (χ4n) is 3.30. The SMILES string of the molecule is C[C@H](C(=O)NC[C@@H]1Cc2cc(-c3cnccn3)ccc2O1)c1ccccc1. The predicted molar refractivity (Wildman–Crippen MR) is 103 cm³/mol. The Hall–Kier alpha value is -3.21. The van der Waals surface area contributed by atoms with Crippen LogP contribution in [-0.4, -0.2) is 28.5 Å². The molecule has 0 fully saturated rings. The average Bonchev–Trinajstić information content (AvgIpc) is 3.15. The van der Waals surface area contributed by atoms with Gasteiger partial charge in [0.1, 0.15) is 11.9 Å². The van der Waals surface area contributed by atoms with Crippen LogP contribution in [0.5, 0.6) is 5.75 Å². The third-order valence-corrected chi connectivity index (χ3v) is 4.86. The number of carbonyl (C=O) groups excluding carboxylic acids is 1. The minimum absolute atomic E-state index is 0.0148. The first-order valence-electron chi connectivity index (χ1n) is 9.09. The molecule has 2 aromatic carbocycles. The summed E-state index contributed by atoms with van der Waals surface area (Å²) >= 11 is 0. The van der Waals surface area contributed by atoms with Crippen molar-refractivity contribution in [2.45, 2.75) is 25.4 Å². The summed E-state index contributed by atoms with van der Waals surface area (Å²) in [6, 6.07) is 15.8. The van der Waals surface area contributed by atoms with E-state index in [1.54, 1.807) is 18.6 Å². The topological polar surface area (TPSA) is 64.1 Å². The van der Waals surface area contributed by atoms with Gasteiger partial charge in [0.25, 0.3) is 0 Å². The van der Waals surface area contributed by atoms with Crippen molar-refractivity contribution in [2.75, 3.05) is 6.54 Å². The summed E-state index contributed by atoms with van der Waals surface area (Å²) in [5, 5.41) is 3.02. The van der Waals surface area contributed by atoms with Gasteiger partial charge in [0.05, 0.1) is 24.4 Å². The molecule has 0 spiro atoms. The van der Waals surface area contributed by atoms with E-state index in [1.165, 1.54) is 0 Å². The maximum Gasteiger partial charge on any atom is 0.227 e. The molecular weight excluding hydrogens is 338 g/mol. The lowest BCUT2D eigenvalue weighted by Gasteiger charge is -2.15. The van der Waals surface area contributed by atoms with E-state index in [1.807, 2.05) is 49.4 Å². The van der Waals surface area contributed by atoms with Gasteiger partial charge in [0.15, 0.2) is 0 Å². The summed E-state index contributed by atoms with van der Waals surface area (Å²) in [4.78, 5) is 20.9. The van der Waals surface area contributed by atoms with E-state index in [2.05, 4.69) is 21.4 Å². The second kappa shape index (κ2) is 7.58. The molecule has 1 amide bonds. The van der Waals surface area contributed by atoms with Gasteiger partial charge in [-0.15, -0.1) is 0 Å². The second-order valence-corrected chi connectivity index (χ2v) is 6.73. The molecule has 5 nitrogen and oxygen atoms in total. The molecule has 136 valence electrons. The molecular formula is C22H21N3O2. The third-order valence-electron chi connectivity index (χ3n) is 4.86. The standard InChI is InChI=1S/C22H21N3O2/c1-15(16-5-3-2-4-6-16)22(26)25-13-19-12-18-11-17(7-8-21(18)27-19)20-14-23-9-10-24-20/h2-11,14-15,19H,12-13H2,1H3,(H,25,26)/t15-,19-/m0/s1. The first kappa shape index (κ1) is 17.2. The first-order chi connectivity index (χ1) is 13.2. The van der Waals surface area contributed by atoms with E-state index >= 15 is 0 Å². The molecule has 1 aliphatic rings. The Morgan fingerprint density at radius 3 is 2.85 bits per heavy atom. The highest BCUT2D eigenvalue weighted by Crippen LogP contribution is 2.32. The van der Waals surface area contributed by atoms with Gasteiger partial charge in [0.2, 0.25) is 5.91 Å². The lowest BCUT2D eigenvalue weighted by Crippen LogP contribution is -2.36. The van der Waals surface area contributed by atoms with Crippen LogP contribution in [0, 0.1) is 0 Å². The smallest absolute Gasteiger partial charge is 0.227 e. The molecule has 1 aromatic heterocycles. The number of benzene rings is 2. The maximum atomic E-state index is 12.4. The van der Waals surface area contributed by atoms with Crippen molar-refractivity contribution in [1.82, 2.24) is 15.3 Å². The molecule has 0 saturated carbocycles. The summed E-state index contributed by atoms with van der Waals surface area (Å²) < 4.78 is 5.98. The normalized spacial score (nSPS) is 16.3. The van der Waals surface area contributed by atoms with E-state index in [-0.39, 0.29) is 17.9 Å². The molecule has 4 rings (SSSR count). The zero-order chi connectivity index (χ0) is 18.6. The van der Waals surface area contributed by atoms with Crippen molar-refractivity contribution in [3.63, 3.8) is 0 Å². The van der Waals surface area contributed by atoms with Crippen molar-refractivity contribution in [2.24, 2.45) is 0 Å². The Morgan fingerprint density at radius 2 is 2.07 bits per heavy atom. The summed E-state index contributed by atoms with van der Waals surface area (Å²) in [6.07, 6.45) is 5.81. The van der Waals surface area contributed by atoms with Gasteiger partial charge in [-0.25, -0.2) is 0 Å². The maximum absolute atomic E-state index is 12.4. The summed E-state index contributed by atoms with van der Waals surface area (Å²) in [6.45, 7) is 2.41. The van der Waals surface area contributed by atoms with Gasteiger partial charge in [-0.3, -0.25) is 14.8 Å². The van der Waals surface area contributed by atoms with E-state index in [0.717, 1.165) is 34.6 Å². The van der Waals surface area contributed by atoms with Crippen molar-refractivity contribution in [1.29, 1.82) is 0 Å². The van der Waals surface area contributed by atoms with Crippen LogP contribution in [0.2, 0.25) is 0 Å². The molecule has 3 aromatic rings. The Kier molecular flexibility index (Phi) is 4.83. The van der Waals surface area contributed by atoms with Crippen molar-refractivity contribution in [3.8, 4) is 17.0 Å². The summed E-state index contributed by atoms with van der Waals surface area (Å²) in [7, 11) is 0. The number of aromatic nitrogens is 2. The summed E-state index contributed by atoms with van der Waals surface area (Å²) in [5.74, 6) is 0.706. The fourth-order valence-corrected chi connectivity index (χ4v) is 3.30. The zero-order valence-electron chi connectivity index (χ0n) is 15.1. The van der Waals surface area contributed by atoms with E-state index in [4.69, 9.17) is 4.74 Å². The van der Waals surface area contributed by atoms with Crippen LogP contribution in [0.1, 0.15) is 24.0 Å². The number of nitrogens with zero attached hydrogens (tertiary/aromatic N) is 2. The zero-order valence-corrected chi connectivity index (χ0v) is 15.1. The number of hydrogen-bond acceptors (Lipinski definition) is 4. The van der Waals surface area contributed by atoms with Crippen LogP contribution in [0.15, 0.2) is 67.1 Å². The van der Waals surface area contributed by atoms with Crippen molar-refractivity contribution in [3.05, 3.63) is 78.2 Å². The van der Waals surface area contributed by atoms with Crippen LogP contribution < -0.4 is 10.1 Å². The monoisotopic (exact) mass is 359 g/mol. The van der Waals surface area contributed by atoms with Crippen LogP contribution in [-0.2, 0) is 11.2 Å². The molecule has 0 aliphatic carbocycles. The largest absolute Gasteiger partial charge is 0.488 e. The Morgan fingerprint density at radius 1 is 1.22 bits per heavy atom. The average molecular weight is 359 g/mol. The highest BCUT2D eigenvalue weighted by Gasteiger charge is 2.25. The lowest BCUT2D eigenvalue weighted by molar-refractivity contribution is -0.122. The van der Waals surface area contributed by atoms with Crippen LogP contribution in [0.25, 0.3) is 11.3 Å². The van der Waals surface area contributed by atoms with Gasteiger partial charge in [0, 0.05) is 24.4 Å². The second-order valence-electron chi connectivity index (χ2n) is 6.73. The Bertz CT molecular complexity index is 929. The van der Waals surface area contributed by atoms with Crippen LogP contribution in [0.3, 0.4) is 0 Å². The first-order valence-corrected chi connectivity index (χ1v) is 9.09. The van der Waals surface area contributed by atoms with Gasteiger partial charge in [-0.1, -0.05) is 30.3 Å². The molecule has 2 heterocycles. The lowest BCUT2D eigenvalue weighted by atomic mass is 10.0. The van der Waals surface area contributed by atoms with Gasteiger partial charge in [-0.2, -0.15) is 0 Å². The number of nitrogens with one attached hydrogen (secondary N) is 1. The molecule has 1 N–H and O–H groups in total. The van der Waals surface area contributed by atoms with Crippen LogP contribution >= 0.6 is 0 Å². The van der Waals surface area contributed by atoms with Crippen molar-refractivity contribution < 1.29 is 9.53 Å². The predicted octanol–water partition coefficient (Wildman–Crippen LogP) is 3.37. The highest BCUT2D eigenvalue weighted by molar-refractivity contribution is 5.83. The molecule has 0 saturated heterocycles. The van der Waals surface area contributed by atoms with E-state index in [0.29, 0.717) is 6.54 Å². The molecule has 5 heteroatoms. The number of hydrogen-bond donors (Lipinski definition) is 1. The third kappa shape index (κ3) is 3.82. The summed E-state index contributed by atoms with van der Waals surface area (Å²) in [5.41, 5.74) is 4.01. The molecule has 1 aliphatic heterocycles. The Labute approximate surface area is 158 Å². The minimum atomic E-state index is -0.182. The van der Waals surface area contributed by atoms with E-state index < -0.39 is 0 Å². The number of carbonyl (C=O) groups is 1. The molecule has 0 bridgehead atoms. The minimum Gasteiger partial charge on any atom is -0.488 e. The Balaban J connectivity index is 1.37. The number of rotatable bonds is 5. The van der Waals surface area contributed by atoms with Crippen molar-refractivity contribution >= 4 is 5.91 Å². The van der Waals surface area contributed by atoms with Gasteiger partial charge in [-0.05, 0) is 36.2 Å². The molecule has 2 atom stereocenters. The molecule has 0 radical (unpaired) electrons. The van der Waals surface area contributed by atoms with Gasteiger partial charge < -0.3 is 10.1 Å².